The zero-order valence-electron chi connectivity index (χ0n) is 15.9. The van der Waals surface area contributed by atoms with Crippen molar-refractivity contribution in [2.75, 3.05) is 4.90 Å². The van der Waals surface area contributed by atoms with Gasteiger partial charge in [0, 0.05) is 20.4 Å². The Hall–Kier alpha value is -2.94. The Kier molecular flexibility index (Phi) is 4.45. The molecule has 2 aromatic heterocycles. The highest BCUT2D eigenvalue weighted by Crippen LogP contribution is 2.48. The lowest BCUT2D eigenvalue weighted by molar-refractivity contribution is 0.628. The maximum absolute atomic E-state index is 13.8. The van der Waals surface area contributed by atoms with E-state index in [2.05, 4.69) is 44.5 Å². The highest BCUT2D eigenvalue weighted by Gasteiger charge is 2.25. The van der Waals surface area contributed by atoms with Gasteiger partial charge in [-0.2, -0.15) is 9.61 Å². The van der Waals surface area contributed by atoms with Crippen molar-refractivity contribution >= 4 is 51.0 Å². The fourth-order valence-corrected chi connectivity index (χ4v) is 5.81. The number of nitrogens with zero attached hydrogens (tertiary/aromatic N) is 5. The van der Waals surface area contributed by atoms with Crippen molar-refractivity contribution in [2.24, 2.45) is 0 Å². The topological polar surface area (TPSA) is 46.3 Å². The minimum atomic E-state index is -0.396. The molecule has 0 saturated heterocycles. The molecule has 5 nitrogen and oxygen atoms in total. The maximum atomic E-state index is 13.8. The molecule has 0 saturated carbocycles. The molecule has 31 heavy (non-hydrogen) atoms. The third kappa shape index (κ3) is 3.27. The summed E-state index contributed by atoms with van der Waals surface area (Å²) < 4.78 is 15.5. The summed E-state index contributed by atoms with van der Waals surface area (Å²) in [6, 6.07) is 21.0. The van der Waals surface area contributed by atoms with Crippen LogP contribution in [0.4, 0.5) is 15.8 Å². The molecule has 0 aliphatic carbocycles. The van der Waals surface area contributed by atoms with Crippen LogP contribution in [-0.4, -0.2) is 19.8 Å². The molecule has 0 atom stereocenters. The third-order valence-corrected chi connectivity index (χ3v) is 7.29. The van der Waals surface area contributed by atoms with Gasteiger partial charge in [-0.1, -0.05) is 59.0 Å². The van der Waals surface area contributed by atoms with Gasteiger partial charge in [0.15, 0.2) is 5.82 Å². The first kappa shape index (κ1) is 18.8. The molecule has 5 aromatic rings. The van der Waals surface area contributed by atoms with Gasteiger partial charge < -0.3 is 4.90 Å². The summed E-state index contributed by atoms with van der Waals surface area (Å²) in [6.07, 6.45) is 0. The van der Waals surface area contributed by atoms with Crippen LogP contribution in [-0.2, 0) is 6.54 Å². The Bertz CT molecular complexity index is 1380. The lowest BCUT2D eigenvalue weighted by atomic mass is 10.2. The van der Waals surface area contributed by atoms with Crippen LogP contribution in [0.2, 0.25) is 5.02 Å². The van der Waals surface area contributed by atoms with Crippen molar-refractivity contribution in [3.8, 4) is 10.6 Å². The van der Waals surface area contributed by atoms with E-state index in [-0.39, 0.29) is 0 Å². The van der Waals surface area contributed by atoms with Crippen molar-refractivity contribution in [2.45, 2.75) is 16.3 Å². The first-order valence-electron chi connectivity index (χ1n) is 9.47. The Morgan fingerprint density at radius 2 is 1.61 bits per heavy atom. The summed E-state index contributed by atoms with van der Waals surface area (Å²) >= 11 is 9.13. The van der Waals surface area contributed by atoms with Gasteiger partial charge in [-0.25, -0.2) is 4.39 Å². The second-order valence-electron chi connectivity index (χ2n) is 7.00. The van der Waals surface area contributed by atoms with Gasteiger partial charge >= 0.3 is 0 Å². The molecule has 0 amide bonds. The number of fused-ring (bicyclic) bond motifs is 3. The Morgan fingerprint density at radius 3 is 2.32 bits per heavy atom. The van der Waals surface area contributed by atoms with Gasteiger partial charge in [-0.15, -0.1) is 10.2 Å². The number of anilines is 2. The first-order chi connectivity index (χ1) is 15.2. The molecule has 6 rings (SSSR count). The number of para-hydroxylation sites is 2. The fourth-order valence-electron chi connectivity index (χ4n) is 3.64. The Morgan fingerprint density at radius 1 is 0.903 bits per heavy atom. The predicted molar refractivity (Wildman–Crippen MR) is 122 cm³/mol. The molecule has 1 aliphatic heterocycles. The SMILES string of the molecule is Fc1cc(Cl)cc(-c2nn3c(CN4c5ccccc5Sc5ccccc54)nnc3s2)c1. The number of benzene rings is 3. The van der Waals surface area contributed by atoms with Crippen molar-refractivity contribution in [3.05, 3.63) is 83.4 Å². The molecule has 152 valence electrons. The van der Waals surface area contributed by atoms with Crippen LogP contribution in [0.5, 0.6) is 0 Å². The average Bonchev–Trinajstić information content (AvgIpc) is 3.35. The van der Waals surface area contributed by atoms with Gasteiger partial charge in [0.2, 0.25) is 4.96 Å². The van der Waals surface area contributed by atoms with Crippen molar-refractivity contribution < 1.29 is 4.39 Å². The molecule has 3 aromatic carbocycles. The summed E-state index contributed by atoms with van der Waals surface area (Å²) in [5.41, 5.74) is 2.86. The fraction of sp³-hybridized carbons (Fsp3) is 0.0455. The molecule has 0 unspecified atom stereocenters. The van der Waals surface area contributed by atoms with Crippen LogP contribution < -0.4 is 4.90 Å². The quantitative estimate of drug-likeness (QED) is 0.306. The first-order valence-corrected chi connectivity index (χ1v) is 11.5. The van der Waals surface area contributed by atoms with Crippen molar-refractivity contribution in [3.63, 3.8) is 0 Å². The summed E-state index contributed by atoms with van der Waals surface area (Å²) in [5, 5.41) is 14.3. The molecule has 1 aliphatic rings. The summed E-state index contributed by atoms with van der Waals surface area (Å²) in [6.45, 7) is 0.503. The van der Waals surface area contributed by atoms with Crippen LogP contribution >= 0.6 is 34.7 Å². The zero-order valence-corrected chi connectivity index (χ0v) is 18.3. The average molecular weight is 466 g/mol. The monoisotopic (exact) mass is 465 g/mol. The van der Waals surface area contributed by atoms with Crippen LogP contribution in [0.15, 0.2) is 76.5 Å². The van der Waals surface area contributed by atoms with E-state index in [1.165, 1.54) is 33.3 Å². The molecular weight excluding hydrogens is 453 g/mol. The predicted octanol–water partition coefficient (Wildman–Crippen LogP) is 6.45. The van der Waals surface area contributed by atoms with Gasteiger partial charge in [-0.05, 0) is 42.5 Å². The number of halogens is 2. The molecule has 9 heteroatoms. The number of rotatable bonds is 3. The second-order valence-corrected chi connectivity index (χ2v) is 9.48. The van der Waals surface area contributed by atoms with Crippen LogP contribution in [0, 0.1) is 5.82 Å². The lowest BCUT2D eigenvalue weighted by Gasteiger charge is -2.31. The standard InChI is InChI=1S/C22H13ClFN5S2/c23-14-9-13(10-15(24)11-14)21-27-29-20(25-26-22(29)31-21)12-28-16-5-1-3-7-18(16)30-19-8-4-2-6-17(19)28/h1-11H,12H2. The van der Waals surface area contributed by atoms with E-state index in [1.54, 1.807) is 22.3 Å². The molecular formula is C22H13ClFN5S2. The van der Waals surface area contributed by atoms with Gasteiger partial charge in [0.1, 0.15) is 10.8 Å². The van der Waals surface area contributed by atoms with Crippen molar-refractivity contribution in [1.29, 1.82) is 0 Å². The second kappa shape index (κ2) is 7.33. The Balaban J connectivity index is 1.43. The van der Waals surface area contributed by atoms with Crippen LogP contribution in [0.25, 0.3) is 15.5 Å². The highest BCUT2D eigenvalue weighted by atomic mass is 35.5. The number of hydrogen-bond acceptors (Lipinski definition) is 6. The van der Waals surface area contributed by atoms with Crippen LogP contribution in [0.1, 0.15) is 5.82 Å². The molecule has 0 spiro atoms. The minimum Gasteiger partial charge on any atom is -0.332 e. The largest absolute Gasteiger partial charge is 0.332 e. The third-order valence-electron chi connectivity index (χ3n) is 5.00. The molecule has 3 heterocycles. The van der Waals surface area contributed by atoms with E-state index in [4.69, 9.17) is 11.6 Å². The van der Waals surface area contributed by atoms with E-state index >= 15 is 0 Å². The Labute approximate surface area is 190 Å². The van der Waals surface area contributed by atoms with Gasteiger partial charge in [-0.3, -0.25) is 0 Å². The molecule has 0 radical (unpaired) electrons. The number of hydrogen-bond donors (Lipinski definition) is 0. The molecule has 0 N–H and O–H groups in total. The smallest absolute Gasteiger partial charge is 0.235 e. The lowest BCUT2D eigenvalue weighted by Crippen LogP contribution is -2.21. The number of aromatic nitrogens is 4. The van der Waals surface area contributed by atoms with Crippen molar-refractivity contribution in [1.82, 2.24) is 19.8 Å². The summed E-state index contributed by atoms with van der Waals surface area (Å²) in [4.78, 5) is 5.26. The van der Waals surface area contributed by atoms with Crippen LogP contribution in [0.3, 0.4) is 0 Å². The molecule has 0 fully saturated rings. The summed E-state index contributed by atoms with van der Waals surface area (Å²) in [7, 11) is 0. The van der Waals surface area contributed by atoms with E-state index in [0.29, 0.717) is 32.9 Å². The van der Waals surface area contributed by atoms with E-state index in [9.17, 15) is 4.39 Å². The summed E-state index contributed by atoms with van der Waals surface area (Å²) in [5.74, 6) is 0.309. The normalized spacial score (nSPS) is 12.8. The van der Waals surface area contributed by atoms with E-state index in [0.717, 1.165) is 11.4 Å². The van der Waals surface area contributed by atoms with Gasteiger partial charge in [0.25, 0.3) is 0 Å². The maximum Gasteiger partial charge on any atom is 0.235 e. The minimum absolute atomic E-state index is 0.334. The highest BCUT2D eigenvalue weighted by molar-refractivity contribution is 7.99. The van der Waals surface area contributed by atoms with E-state index < -0.39 is 5.82 Å². The molecule has 0 bridgehead atoms. The van der Waals surface area contributed by atoms with E-state index in [1.807, 2.05) is 24.3 Å². The van der Waals surface area contributed by atoms with Gasteiger partial charge in [0.05, 0.1) is 17.9 Å². The zero-order chi connectivity index (χ0) is 20.9.